The predicted molar refractivity (Wildman–Crippen MR) is 87.2 cm³/mol. The first-order chi connectivity index (χ1) is 9.70. The SMILES string of the molecule is CCNC1CC(C)CCc2c1cc(C)c1ccccc21. The lowest BCUT2D eigenvalue weighted by Gasteiger charge is -2.22. The number of rotatable bonds is 2. The third kappa shape index (κ3) is 2.35. The van der Waals surface area contributed by atoms with Crippen LogP contribution in [0, 0.1) is 12.8 Å². The van der Waals surface area contributed by atoms with Crippen molar-refractivity contribution in [3.05, 3.63) is 47.0 Å². The zero-order chi connectivity index (χ0) is 14.1. The number of benzene rings is 2. The molecule has 0 amide bonds. The van der Waals surface area contributed by atoms with Crippen molar-refractivity contribution in [2.24, 2.45) is 5.92 Å². The Morgan fingerprint density at radius 2 is 1.95 bits per heavy atom. The standard InChI is InChI=1S/C19H25N/c1-4-20-19-11-13(2)9-10-17-16-8-6-5-7-15(16)14(3)12-18(17)19/h5-8,12-13,19-20H,4,9-11H2,1-3H3. The summed E-state index contributed by atoms with van der Waals surface area (Å²) in [6, 6.07) is 11.9. The second-order valence-corrected chi connectivity index (χ2v) is 6.30. The van der Waals surface area contributed by atoms with Gasteiger partial charge < -0.3 is 5.32 Å². The van der Waals surface area contributed by atoms with Crippen molar-refractivity contribution in [1.82, 2.24) is 5.32 Å². The molecular weight excluding hydrogens is 242 g/mol. The van der Waals surface area contributed by atoms with Crippen LogP contribution >= 0.6 is 0 Å². The zero-order valence-electron chi connectivity index (χ0n) is 12.9. The van der Waals surface area contributed by atoms with Crippen molar-refractivity contribution in [3.63, 3.8) is 0 Å². The lowest BCUT2D eigenvalue weighted by molar-refractivity contribution is 0.414. The van der Waals surface area contributed by atoms with Crippen molar-refractivity contribution < 1.29 is 0 Å². The van der Waals surface area contributed by atoms with Crippen LogP contribution in [-0.4, -0.2) is 6.54 Å². The molecule has 0 fully saturated rings. The first-order valence-electron chi connectivity index (χ1n) is 7.95. The topological polar surface area (TPSA) is 12.0 Å². The smallest absolute Gasteiger partial charge is 0.0325 e. The Bertz CT molecular complexity index is 614. The summed E-state index contributed by atoms with van der Waals surface area (Å²) in [5.41, 5.74) is 4.55. The summed E-state index contributed by atoms with van der Waals surface area (Å²) >= 11 is 0. The average molecular weight is 267 g/mol. The van der Waals surface area contributed by atoms with Gasteiger partial charge in [-0.05, 0) is 66.1 Å². The third-order valence-corrected chi connectivity index (χ3v) is 4.75. The van der Waals surface area contributed by atoms with Crippen LogP contribution in [0.4, 0.5) is 0 Å². The monoisotopic (exact) mass is 267 g/mol. The molecule has 2 unspecified atom stereocenters. The van der Waals surface area contributed by atoms with Crippen molar-refractivity contribution in [1.29, 1.82) is 0 Å². The quantitative estimate of drug-likeness (QED) is 0.773. The molecule has 1 nitrogen and oxygen atoms in total. The molecule has 0 saturated carbocycles. The first kappa shape index (κ1) is 13.6. The lowest BCUT2D eigenvalue weighted by atomic mass is 9.90. The van der Waals surface area contributed by atoms with Gasteiger partial charge in [-0.25, -0.2) is 0 Å². The maximum atomic E-state index is 3.70. The van der Waals surface area contributed by atoms with Gasteiger partial charge in [0.05, 0.1) is 0 Å². The summed E-state index contributed by atoms with van der Waals surface area (Å²) in [5, 5.41) is 6.60. The minimum absolute atomic E-state index is 0.524. The highest BCUT2D eigenvalue weighted by molar-refractivity contribution is 5.89. The van der Waals surface area contributed by atoms with E-state index < -0.39 is 0 Å². The van der Waals surface area contributed by atoms with E-state index in [1.165, 1.54) is 35.6 Å². The molecule has 1 aliphatic rings. The molecule has 1 N–H and O–H groups in total. The summed E-state index contributed by atoms with van der Waals surface area (Å²) in [6.07, 6.45) is 3.79. The number of hydrogen-bond acceptors (Lipinski definition) is 1. The minimum Gasteiger partial charge on any atom is -0.310 e. The molecule has 2 aromatic rings. The predicted octanol–water partition coefficient (Wildman–Crippen LogP) is 4.77. The van der Waals surface area contributed by atoms with Gasteiger partial charge in [0.1, 0.15) is 0 Å². The van der Waals surface area contributed by atoms with Crippen LogP contribution in [0.2, 0.25) is 0 Å². The van der Waals surface area contributed by atoms with E-state index in [0.29, 0.717) is 6.04 Å². The highest BCUT2D eigenvalue weighted by Crippen LogP contribution is 2.37. The van der Waals surface area contributed by atoms with Gasteiger partial charge in [0.15, 0.2) is 0 Å². The minimum atomic E-state index is 0.524. The van der Waals surface area contributed by atoms with Crippen LogP contribution in [0.5, 0.6) is 0 Å². The molecule has 0 aliphatic heterocycles. The second kappa shape index (κ2) is 5.57. The number of nitrogens with one attached hydrogen (secondary N) is 1. The normalized spacial score (nSPS) is 22.6. The fourth-order valence-electron chi connectivity index (χ4n) is 3.71. The summed E-state index contributed by atoms with van der Waals surface area (Å²) in [5.74, 6) is 0.797. The first-order valence-corrected chi connectivity index (χ1v) is 7.95. The average Bonchev–Trinajstić information content (AvgIpc) is 2.60. The highest BCUT2D eigenvalue weighted by Gasteiger charge is 2.23. The van der Waals surface area contributed by atoms with Crippen molar-refractivity contribution in [3.8, 4) is 0 Å². The van der Waals surface area contributed by atoms with Crippen molar-refractivity contribution in [2.45, 2.75) is 46.1 Å². The van der Waals surface area contributed by atoms with Crippen LogP contribution in [-0.2, 0) is 6.42 Å². The second-order valence-electron chi connectivity index (χ2n) is 6.30. The van der Waals surface area contributed by atoms with Crippen LogP contribution in [0.15, 0.2) is 30.3 Å². The lowest BCUT2D eigenvalue weighted by Crippen LogP contribution is -2.22. The van der Waals surface area contributed by atoms with Gasteiger partial charge in [0, 0.05) is 6.04 Å². The van der Waals surface area contributed by atoms with Gasteiger partial charge in [-0.2, -0.15) is 0 Å². The van der Waals surface area contributed by atoms with E-state index in [1.807, 2.05) is 0 Å². The largest absolute Gasteiger partial charge is 0.310 e. The van der Waals surface area contributed by atoms with Gasteiger partial charge in [-0.3, -0.25) is 0 Å². The highest BCUT2D eigenvalue weighted by atomic mass is 14.9. The van der Waals surface area contributed by atoms with E-state index in [9.17, 15) is 0 Å². The van der Waals surface area contributed by atoms with Crippen LogP contribution in [0.1, 0.15) is 49.4 Å². The van der Waals surface area contributed by atoms with Gasteiger partial charge in [0.25, 0.3) is 0 Å². The molecule has 1 heteroatoms. The summed E-state index contributed by atoms with van der Waals surface area (Å²) in [7, 11) is 0. The molecule has 0 aromatic heterocycles. The molecule has 2 atom stereocenters. The van der Waals surface area contributed by atoms with Gasteiger partial charge in [0.2, 0.25) is 0 Å². The molecule has 0 heterocycles. The van der Waals surface area contributed by atoms with Crippen LogP contribution in [0.3, 0.4) is 0 Å². The Morgan fingerprint density at radius 1 is 1.20 bits per heavy atom. The van der Waals surface area contributed by atoms with E-state index in [4.69, 9.17) is 0 Å². The fourth-order valence-corrected chi connectivity index (χ4v) is 3.71. The van der Waals surface area contributed by atoms with E-state index >= 15 is 0 Å². The number of hydrogen-bond donors (Lipinski definition) is 1. The Morgan fingerprint density at radius 3 is 2.70 bits per heavy atom. The van der Waals surface area contributed by atoms with Gasteiger partial charge >= 0.3 is 0 Å². The Kier molecular flexibility index (Phi) is 3.80. The molecular formula is C19H25N. The summed E-state index contributed by atoms with van der Waals surface area (Å²) < 4.78 is 0. The summed E-state index contributed by atoms with van der Waals surface area (Å²) in [4.78, 5) is 0. The third-order valence-electron chi connectivity index (χ3n) is 4.75. The molecule has 3 rings (SSSR count). The van der Waals surface area contributed by atoms with E-state index in [2.05, 4.69) is 56.4 Å². The van der Waals surface area contributed by atoms with E-state index in [0.717, 1.165) is 12.5 Å². The van der Waals surface area contributed by atoms with E-state index in [-0.39, 0.29) is 0 Å². The Hall–Kier alpha value is -1.34. The van der Waals surface area contributed by atoms with E-state index in [1.54, 1.807) is 11.1 Å². The van der Waals surface area contributed by atoms with Gasteiger partial charge in [-0.1, -0.05) is 44.2 Å². The Balaban J connectivity index is 2.21. The van der Waals surface area contributed by atoms with Crippen molar-refractivity contribution >= 4 is 10.8 Å². The van der Waals surface area contributed by atoms with Gasteiger partial charge in [-0.15, -0.1) is 0 Å². The van der Waals surface area contributed by atoms with Crippen LogP contribution < -0.4 is 5.32 Å². The molecule has 106 valence electrons. The molecule has 0 radical (unpaired) electrons. The number of fused-ring (bicyclic) bond motifs is 3. The molecule has 0 saturated heterocycles. The number of aryl methyl sites for hydroxylation is 2. The molecule has 0 spiro atoms. The fraction of sp³-hybridized carbons (Fsp3) is 0.474. The Labute approximate surface area is 122 Å². The zero-order valence-corrected chi connectivity index (χ0v) is 12.9. The molecule has 1 aliphatic carbocycles. The van der Waals surface area contributed by atoms with Crippen molar-refractivity contribution in [2.75, 3.05) is 6.54 Å². The molecule has 0 bridgehead atoms. The molecule has 2 aromatic carbocycles. The summed E-state index contributed by atoms with van der Waals surface area (Å²) in [6.45, 7) is 7.90. The maximum Gasteiger partial charge on any atom is 0.0325 e. The van der Waals surface area contributed by atoms with Crippen LogP contribution in [0.25, 0.3) is 10.8 Å². The molecule has 20 heavy (non-hydrogen) atoms. The maximum absolute atomic E-state index is 3.70.